The van der Waals surface area contributed by atoms with Crippen LogP contribution in [0.15, 0.2) is 47.8 Å². The first kappa shape index (κ1) is 11.9. The van der Waals surface area contributed by atoms with Crippen molar-refractivity contribution in [2.45, 2.75) is 6.92 Å². The molecule has 2 rings (SSSR count). The maximum atomic E-state index is 11.6. The van der Waals surface area contributed by atoms with Crippen molar-refractivity contribution < 1.29 is 4.79 Å². The maximum Gasteiger partial charge on any atom is 0.272 e. The van der Waals surface area contributed by atoms with E-state index in [9.17, 15) is 4.79 Å². The summed E-state index contributed by atoms with van der Waals surface area (Å²) in [6.07, 6.45) is 4.59. The number of amides is 1. The van der Waals surface area contributed by atoms with Gasteiger partial charge in [0.2, 0.25) is 0 Å². The van der Waals surface area contributed by atoms with Gasteiger partial charge in [-0.05, 0) is 31.2 Å². The molecular weight excluding hydrogens is 228 g/mol. The van der Waals surface area contributed by atoms with Gasteiger partial charge in [-0.1, -0.05) is 6.07 Å². The van der Waals surface area contributed by atoms with Crippen molar-refractivity contribution in [3.05, 3.63) is 59.7 Å². The zero-order chi connectivity index (χ0) is 12.8. The fourth-order valence-electron chi connectivity index (χ4n) is 1.35. The predicted molar refractivity (Wildman–Crippen MR) is 68.3 cm³/mol. The number of hydrogen-bond acceptors (Lipinski definition) is 4. The van der Waals surface area contributed by atoms with Crippen molar-refractivity contribution in [1.29, 1.82) is 0 Å². The maximum absolute atomic E-state index is 11.6. The van der Waals surface area contributed by atoms with Crippen LogP contribution < -0.4 is 5.43 Å². The van der Waals surface area contributed by atoms with E-state index >= 15 is 0 Å². The summed E-state index contributed by atoms with van der Waals surface area (Å²) in [7, 11) is 0. The lowest BCUT2D eigenvalue weighted by Crippen LogP contribution is -2.17. The smallest absolute Gasteiger partial charge is 0.267 e. The molecule has 0 unspecified atom stereocenters. The Balaban J connectivity index is 1.98. The van der Waals surface area contributed by atoms with Gasteiger partial charge in [0.1, 0.15) is 0 Å². The van der Waals surface area contributed by atoms with Crippen molar-refractivity contribution in [3.8, 4) is 0 Å². The van der Waals surface area contributed by atoms with Crippen LogP contribution in [0.5, 0.6) is 0 Å². The Hall–Kier alpha value is -2.56. The summed E-state index contributed by atoms with van der Waals surface area (Å²) >= 11 is 0. The summed E-state index contributed by atoms with van der Waals surface area (Å²) in [5, 5.41) is 3.84. The van der Waals surface area contributed by atoms with Crippen LogP contribution in [0.25, 0.3) is 0 Å². The van der Waals surface area contributed by atoms with Crippen molar-refractivity contribution in [1.82, 2.24) is 15.4 Å². The van der Waals surface area contributed by atoms with Gasteiger partial charge in [0.15, 0.2) is 0 Å². The van der Waals surface area contributed by atoms with E-state index in [-0.39, 0.29) is 5.91 Å². The summed E-state index contributed by atoms with van der Waals surface area (Å²) in [5.41, 5.74) is 4.48. The molecule has 0 aliphatic carbocycles. The highest BCUT2D eigenvalue weighted by Crippen LogP contribution is 1.96. The summed E-state index contributed by atoms with van der Waals surface area (Å²) in [5.74, 6) is -0.299. The second kappa shape index (κ2) is 5.67. The molecule has 0 atom stereocenters. The van der Waals surface area contributed by atoms with Crippen LogP contribution in [0.3, 0.4) is 0 Å². The van der Waals surface area contributed by atoms with Gasteiger partial charge in [-0.25, -0.2) is 5.43 Å². The van der Waals surface area contributed by atoms with Crippen LogP contribution in [0.4, 0.5) is 0 Å². The van der Waals surface area contributed by atoms with Gasteiger partial charge < -0.3 is 0 Å². The molecule has 0 bridgehead atoms. The van der Waals surface area contributed by atoms with E-state index in [0.717, 1.165) is 5.69 Å². The molecule has 18 heavy (non-hydrogen) atoms. The van der Waals surface area contributed by atoms with Crippen LogP contribution in [0, 0.1) is 6.92 Å². The molecule has 90 valence electrons. The molecule has 0 aliphatic heterocycles. The van der Waals surface area contributed by atoms with Gasteiger partial charge in [0.25, 0.3) is 5.91 Å². The molecule has 0 fully saturated rings. The minimum absolute atomic E-state index is 0.299. The molecule has 0 aromatic carbocycles. The summed E-state index contributed by atoms with van der Waals surface area (Å²) in [6.45, 7) is 1.89. The third-order valence-corrected chi connectivity index (χ3v) is 2.20. The Kier molecular flexibility index (Phi) is 3.76. The lowest BCUT2D eigenvalue weighted by atomic mass is 10.3. The first-order valence-corrected chi connectivity index (χ1v) is 5.43. The summed E-state index contributed by atoms with van der Waals surface area (Å²) < 4.78 is 0. The summed E-state index contributed by atoms with van der Waals surface area (Å²) in [4.78, 5) is 19.7. The van der Waals surface area contributed by atoms with Gasteiger partial charge in [0, 0.05) is 18.1 Å². The monoisotopic (exact) mass is 240 g/mol. The van der Waals surface area contributed by atoms with E-state index in [0.29, 0.717) is 11.3 Å². The Morgan fingerprint density at radius 2 is 2.22 bits per heavy atom. The number of rotatable bonds is 3. The number of carbonyl (C=O) groups is 1. The van der Waals surface area contributed by atoms with Crippen molar-refractivity contribution in [3.63, 3.8) is 0 Å². The van der Waals surface area contributed by atoms with Crippen molar-refractivity contribution >= 4 is 12.1 Å². The van der Waals surface area contributed by atoms with E-state index in [1.807, 2.05) is 25.1 Å². The molecule has 2 aromatic rings. The van der Waals surface area contributed by atoms with Crippen molar-refractivity contribution in [2.75, 3.05) is 0 Å². The number of nitrogens with one attached hydrogen (secondary N) is 1. The number of nitrogens with zero attached hydrogens (tertiary/aromatic N) is 3. The Labute approximate surface area is 105 Å². The highest BCUT2D eigenvalue weighted by molar-refractivity contribution is 5.94. The molecule has 1 amide bonds. The van der Waals surface area contributed by atoms with E-state index in [4.69, 9.17) is 0 Å². The Bertz CT molecular complexity index is 566. The molecule has 0 spiro atoms. The normalized spacial score (nSPS) is 10.5. The lowest BCUT2D eigenvalue weighted by molar-refractivity contribution is 0.0955. The van der Waals surface area contributed by atoms with E-state index < -0.39 is 0 Å². The molecule has 1 N–H and O–H groups in total. The standard InChI is InChI=1S/C13H12N4O/c1-10-4-2-6-12(16-10)9-15-17-13(18)11-5-3-7-14-8-11/h2-9H,1H3,(H,17,18)/b15-9+. The zero-order valence-corrected chi connectivity index (χ0v) is 9.87. The highest BCUT2D eigenvalue weighted by atomic mass is 16.2. The first-order valence-electron chi connectivity index (χ1n) is 5.43. The average Bonchev–Trinajstić information content (AvgIpc) is 2.40. The van der Waals surface area contributed by atoms with Crippen LogP contribution in [0.2, 0.25) is 0 Å². The number of hydrogen-bond donors (Lipinski definition) is 1. The molecular formula is C13H12N4O. The predicted octanol–water partition coefficient (Wildman–Crippen LogP) is 1.55. The molecule has 5 nitrogen and oxygen atoms in total. The number of pyridine rings is 2. The molecule has 0 radical (unpaired) electrons. The average molecular weight is 240 g/mol. The number of aromatic nitrogens is 2. The SMILES string of the molecule is Cc1cccc(/C=N/NC(=O)c2cccnc2)n1. The number of hydrazone groups is 1. The first-order chi connectivity index (χ1) is 8.75. The second-order valence-corrected chi connectivity index (χ2v) is 3.64. The van der Waals surface area contributed by atoms with Gasteiger partial charge >= 0.3 is 0 Å². The van der Waals surface area contributed by atoms with Crippen LogP contribution in [-0.4, -0.2) is 22.1 Å². The minimum Gasteiger partial charge on any atom is -0.267 e. The van der Waals surface area contributed by atoms with Gasteiger partial charge in [-0.3, -0.25) is 14.8 Å². The van der Waals surface area contributed by atoms with E-state index in [1.165, 1.54) is 12.4 Å². The zero-order valence-electron chi connectivity index (χ0n) is 9.87. The molecule has 0 aliphatic rings. The Morgan fingerprint density at radius 3 is 2.94 bits per heavy atom. The fourth-order valence-corrected chi connectivity index (χ4v) is 1.35. The molecule has 2 heterocycles. The van der Waals surface area contributed by atoms with E-state index in [2.05, 4.69) is 20.5 Å². The molecule has 5 heteroatoms. The van der Waals surface area contributed by atoms with Gasteiger partial charge in [-0.2, -0.15) is 5.10 Å². The van der Waals surface area contributed by atoms with Crippen LogP contribution in [-0.2, 0) is 0 Å². The third kappa shape index (κ3) is 3.21. The van der Waals surface area contributed by atoms with Gasteiger partial charge in [-0.15, -0.1) is 0 Å². The third-order valence-electron chi connectivity index (χ3n) is 2.20. The van der Waals surface area contributed by atoms with Crippen molar-refractivity contribution in [2.24, 2.45) is 5.10 Å². The van der Waals surface area contributed by atoms with Gasteiger partial charge in [0.05, 0.1) is 17.5 Å². The second-order valence-electron chi connectivity index (χ2n) is 3.64. The minimum atomic E-state index is -0.299. The largest absolute Gasteiger partial charge is 0.272 e. The molecule has 0 saturated carbocycles. The van der Waals surface area contributed by atoms with Crippen LogP contribution in [0.1, 0.15) is 21.7 Å². The fraction of sp³-hybridized carbons (Fsp3) is 0.0769. The quantitative estimate of drug-likeness (QED) is 0.653. The lowest BCUT2D eigenvalue weighted by Gasteiger charge is -1.98. The molecule has 2 aromatic heterocycles. The number of carbonyl (C=O) groups excluding carboxylic acids is 1. The van der Waals surface area contributed by atoms with E-state index in [1.54, 1.807) is 18.3 Å². The highest BCUT2D eigenvalue weighted by Gasteiger charge is 2.02. The van der Waals surface area contributed by atoms with Crippen LogP contribution >= 0.6 is 0 Å². The number of aryl methyl sites for hydroxylation is 1. The topological polar surface area (TPSA) is 67.2 Å². The Morgan fingerprint density at radius 1 is 1.33 bits per heavy atom. The molecule has 0 saturated heterocycles. The summed E-state index contributed by atoms with van der Waals surface area (Å²) in [6, 6.07) is 8.95.